The summed E-state index contributed by atoms with van der Waals surface area (Å²) in [5.74, 6) is 0.635. The van der Waals surface area contributed by atoms with E-state index in [4.69, 9.17) is 4.42 Å². The van der Waals surface area contributed by atoms with Crippen LogP contribution in [-0.2, 0) is 11.3 Å². The number of guanidine groups is 1. The fraction of sp³-hybridized carbons (Fsp3) is 0.200. The third-order valence-electron chi connectivity index (χ3n) is 2.78. The van der Waals surface area contributed by atoms with Crippen LogP contribution in [0.4, 0.5) is 10.1 Å². The van der Waals surface area contributed by atoms with E-state index in [0.29, 0.717) is 18.2 Å². The van der Waals surface area contributed by atoms with E-state index in [1.165, 1.54) is 24.3 Å². The molecular weight excluding hydrogens is 287 g/mol. The fourth-order valence-electron chi connectivity index (χ4n) is 1.71. The summed E-state index contributed by atoms with van der Waals surface area (Å²) >= 11 is 0. The Morgan fingerprint density at radius 2 is 2.00 bits per heavy atom. The van der Waals surface area contributed by atoms with Gasteiger partial charge in [0.25, 0.3) is 0 Å². The molecule has 0 saturated carbocycles. The first-order valence-electron chi connectivity index (χ1n) is 6.69. The molecule has 2 rings (SSSR count). The van der Waals surface area contributed by atoms with Gasteiger partial charge in [-0.05, 0) is 36.4 Å². The SMILES string of the molecule is CN=C(NCC(=O)Nc1ccc(F)cc1)NCc1ccco1. The molecule has 0 aliphatic carbocycles. The van der Waals surface area contributed by atoms with Gasteiger partial charge in [-0.2, -0.15) is 0 Å². The van der Waals surface area contributed by atoms with Crippen LogP contribution in [0.5, 0.6) is 0 Å². The second kappa shape index (κ2) is 7.82. The van der Waals surface area contributed by atoms with E-state index in [1.807, 2.05) is 6.07 Å². The lowest BCUT2D eigenvalue weighted by molar-refractivity contribution is -0.115. The summed E-state index contributed by atoms with van der Waals surface area (Å²) in [5.41, 5.74) is 0.534. The summed E-state index contributed by atoms with van der Waals surface area (Å²) < 4.78 is 18.0. The van der Waals surface area contributed by atoms with Crippen molar-refractivity contribution in [2.75, 3.05) is 18.9 Å². The number of rotatable bonds is 5. The summed E-state index contributed by atoms with van der Waals surface area (Å²) in [6.45, 7) is 0.501. The largest absolute Gasteiger partial charge is 0.467 e. The molecule has 1 heterocycles. The van der Waals surface area contributed by atoms with Crippen molar-refractivity contribution < 1.29 is 13.6 Å². The normalized spacial score (nSPS) is 11.1. The summed E-state index contributed by atoms with van der Waals surface area (Å²) in [4.78, 5) is 15.8. The number of hydrogen-bond acceptors (Lipinski definition) is 3. The van der Waals surface area contributed by atoms with Gasteiger partial charge in [0.1, 0.15) is 11.6 Å². The highest BCUT2D eigenvalue weighted by Crippen LogP contribution is 2.07. The number of benzene rings is 1. The lowest BCUT2D eigenvalue weighted by atomic mass is 10.3. The van der Waals surface area contributed by atoms with Gasteiger partial charge in [0, 0.05) is 12.7 Å². The average Bonchev–Trinajstić information content (AvgIpc) is 3.03. The van der Waals surface area contributed by atoms with Crippen LogP contribution in [-0.4, -0.2) is 25.5 Å². The summed E-state index contributed by atoms with van der Waals surface area (Å²) in [6, 6.07) is 9.19. The molecule has 116 valence electrons. The summed E-state index contributed by atoms with van der Waals surface area (Å²) in [5, 5.41) is 8.54. The van der Waals surface area contributed by atoms with Crippen LogP contribution in [0.25, 0.3) is 0 Å². The molecule has 0 aliphatic rings. The van der Waals surface area contributed by atoms with Gasteiger partial charge in [-0.15, -0.1) is 0 Å². The van der Waals surface area contributed by atoms with E-state index in [-0.39, 0.29) is 18.3 Å². The molecular formula is C15H17FN4O2. The van der Waals surface area contributed by atoms with Gasteiger partial charge in [0.2, 0.25) is 5.91 Å². The molecule has 3 N–H and O–H groups in total. The van der Waals surface area contributed by atoms with Crippen molar-refractivity contribution in [1.29, 1.82) is 0 Å². The van der Waals surface area contributed by atoms with Gasteiger partial charge in [0.05, 0.1) is 19.4 Å². The Labute approximate surface area is 127 Å². The van der Waals surface area contributed by atoms with E-state index in [0.717, 1.165) is 5.76 Å². The van der Waals surface area contributed by atoms with E-state index in [1.54, 1.807) is 19.4 Å². The van der Waals surface area contributed by atoms with Crippen LogP contribution in [0.3, 0.4) is 0 Å². The molecule has 1 amide bonds. The number of aliphatic imine (C=N–C) groups is 1. The molecule has 0 radical (unpaired) electrons. The molecule has 0 spiro atoms. The summed E-state index contributed by atoms with van der Waals surface area (Å²) in [6.07, 6.45) is 1.59. The quantitative estimate of drug-likeness (QED) is 0.580. The Morgan fingerprint density at radius 1 is 1.23 bits per heavy atom. The highest BCUT2D eigenvalue weighted by Gasteiger charge is 2.05. The minimum absolute atomic E-state index is 0.0369. The number of carbonyl (C=O) groups is 1. The van der Waals surface area contributed by atoms with Crippen molar-refractivity contribution in [2.24, 2.45) is 4.99 Å². The van der Waals surface area contributed by atoms with Gasteiger partial charge in [0.15, 0.2) is 5.96 Å². The van der Waals surface area contributed by atoms with E-state index < -0.39 is 0 Å². The van der Waals surface area contributed by atoms with Gasteiger partial charge >= 0.3 is 0 Å². The smallest absolute Gasteiger partial charge is 0.243 e. The minimum Gasteiger partial charge on any atom is -0.467 e. The second-order valence-corrected chi connectivity index (χ2v) is 4.41. The highest BCUT2D eigenvalue weighted by atomic mass is 19.1. The maximum Gasteiger partial charge on any atom is 0.243 e. The van der Waals surface area contributed by atoms with Crippen molar-refractivity contribution in [3.8, 4) is 0 Å². The third-order valence-corrected chi connectivity index (χ3v) is 2.78. The maximum atomic E-state index is 12.8. The zero-order valence-corrected chi connectivity index (χ0v) is 12.1. The van der Waals surface area contributed by atoms with Gasteiger partial charge in [-0.3, -0.25) is 9.79 Å². The predicted octanol–water partition coefficient (Wildman–Crippen LogP) is 1.72. The number of carbonyl (C=O) groups excluding carboxylic acids is 1. The molecule has 0 atom stereocenters. The van der Waals surface area contributed by atoms with Crippen LogP contribution in [0.15, 0.2) is 52.1 Å². The molecule has 22 heavy (non-hydrogen) atoms. The summed E-state index contributed by atoms with van der Waals surface area (Å²) in [7, 11) is 1.61. The van der Waals surface area contributed by atoms with Gasteiger partial charge in [-0.25, -0.2) is 4.39 Å². The first-order chi connectivity index (χ1) is 10.7. The van der Waals surface area contributed by atoms with Gasteiger partial charge in [-0.1, -0.05) is 0 Å². The number of anilines is 1. The zero-order chi connectivity index (χ0) is 15.8. The second-order valence-electron chi connectivity index (χ2n) is 4.41. The third kappa shape index (κ3) is 4.93. The maximum absolute atomic E-state index is 12.8. The Balaban J connectivity index is 1.75. The number of furan rings is 1. The molecule has 7 heteroatoms. The molecule has 6 nitrogen and oxygen atoms in total. The Bertz CT molecular complexity index is 624. The first-order valence-corrected chi connectivity index (χ1v) is 6.69. The predicted molar refractivity (Wildman–Crippen MR) is 81.9 cm³/mol. The molecule has 0 bridgehead atoms. The monoisotopic (exact) mass is 304 g/mol. The highest BCUT2D eigenvalue weighted by molar-refractivity contribution is 5.94. The van der Waals surface area contributed by atoms with Crippen LogP contribution < -0.4 is 16.0 Å². The fourth-order valence-corrected chi connectivity index (χ4v) is 1.71. The average molecular weight is 304 g/mol. The minimum atomic E-state index is -0.348. The van der Waals surface area contributed by atoms with Crippen molar-refractivity contribution in [2.45, 2.75) is 6.54 Å². The standard InChI is InChI=1S/C15H17FN4O2/c1-17-15(18-9-13-3-2-8-22-13)19-10-14(21)20-12-6-4-11(16)5-7-12/h2-8H,9-10H2,1H3,(H,20,21)(H2,17,18,19). The topological polar surface area (TPSA) is 78.7 Å². The van der Waals surface area contributed by atoms with Crippen molar-refractivity contribution >= 4 is 17.6 Å². The number of halogens is 1. The van der Waals surface area contributed by atoms with E-state index >= 15 is 0 Å². The Kier molecular flexibility index (Phi) is 5.53. The zero-order valence-electron chi connectivity index (χ0n) is 12.1. The molecule has 1 aromatic carbocycles. The number of nitrogens with one attached hydrogen (secondary N) is 3. The van der Waals surface area contributed by atoms with E-state index in [9.17, 15) is 9.18 Å². The lowest BCUT2D eigenvalue weighted by Crippen LogP contribution is -2.41. The molecule has 0 fully saturated rings. The number of hydrogen-bond donors (Lipinski definition) is 3. The van der Waals surface area contributed by atoms with Crippen LogP contribution in [0, 0.1) is 5.82 Å². The van der Waals surface area contributed by atoms with Crippen molar-refractivity contribution in [3.05, 3.63) is 54.2 Å². The van der Waals surface area contributed by atoms with Crippen LogP contribution in [0.1, 0.15) is 5.76 Å². The van der Waals surface area contributed by atoms with E-state index in [2.05, 4.69) is 20.9 Å². The Morgan fingerprint density at radius 3 is 2.64 bits per heavy atom. The van der Waals surface area contributed by atoms with Gasteiger partial charge < -0.3 is 20.4 Å². The molecule has 0 saturated heterocycles. The lowest BCUT2D eigenvalue weighted by Gasteiger charge is -2.11. The first kappa shape index (κ1) is 15.6. The van der Waals surface area contributed by atoms with Crippen LogP contribution >= 0.6 is 0 Å². The van der Waals surface area contributed by atoms with Crippen molar-refractivity contribution in [3.63, 3.8) is 0 Å². The Hall–Kier alpha value is -2.83. The molecule has 1 aromatic heterocycles. The molecule has 0 aliphatic heterocycles. The number of nitrogens with zero attached hydrogens (tertiary/aromatic N) is 1. The van der Waals surface area contributed by atoms with Crippen molar-refractivity contribution in [1.82, 2.24) is 10.6 Å². The number of amides is 1. The molecule has 2 aromatic rings. The van der Waals surface area contributed by atoms with Crippen LogP contribution in [0.2, 0.25) is 0 Å². The molecule has 0 unspecified atom stereocenters.